The summed E-state index contributed by atoms with van der Waals surface area (Å²) in [6.07, 6.45) is 5.95. The van der Waals surface area contributed by atoms with E-state index in [0.717, 1.165) is 42.5 Å². The van der Waals surface area contributed by atoms with Crippen molar-refractivity contribution in [1.29, 1.82) is 0 Å². The van der Waals surface area contributed by atoms with Crippen LogP contribution < -0.4 is 10.6 Å². The average molecular weight is 532 g/mol. The Labute approximate surface area is 227 Å². The number of carbonyl (C=O) groups excluding carboxylic acids is 3. The molecule has 0 radical (unpaired) electrons. The summed E-state index contributed by atoms with van der Waals surface area (Å²) in [4.78, 5) is 50.5. The molecule has 38 heavy (non-hydrogen) atoms. The van der Waals surface area contributed by atoms with Gasteiger partial charge in [0.15, 0.2) is 5.17 Å². The van der Waals surface area contributed by atoms with Crippen LogP contribution in [0.15, 0.2) is 58.5 Å². The third kappa shape index (κ3) is 5.67. The van der Waals surface area contributed by atoms with Gasteiger partial charge in [-0.05, 0) is 56.0 Å². The first-order valence-corrected chi connectivity index (χ1v) is 14.2. The minimum atomic E-state index is -0.813. The summed E-state index contributed by atoms with van der Waals surface area (Å²) in [7, 11) is 0. The van der Waals surface area contributed by atoms with E-state index in [1.165, 1.54) is 23.1 Å². The lowest BCUT2D eigenvalue weighted by Gasteiger charge is -2.27. The Morgan fingerprint density at radius 1 is 1.11 bits per heavy atom. The first-order valence-electron chi connectivity index (χ1n) is 13.4. The number of amidine groups is 2. The number of hydrogen-bond donors (Lipinski definition) is 2. The van der Waals surface area contributed by atoms with Gasteiger partial charge in [-0.2, -0.15) is 0 Å². The molecule has 0 saturated heterocycles. The lowest BCUT2D eigenvalue weighted by Crippen LogP contribution is -2.44. The monoisotopic (exact) mass is 531 g/mol. The van der Waals surface area contributed by atoms with Crippen LogP contribution in [-0.2, 0) is 14.4 Å². The van der Waals surface area contributed by atoms with Gasteiger partial charge in [0, 0.05) is 17.3 Å². The number of fused-ring (bicyclic) bond motifs is 3. The number of carbonyl (C=O) groups is 3. The first-order chi connectivity index (χ1) is 18.4. The number of amides is 3. The third-order valence-electron chi connectivity index (χ3n) is 7.09. The molecule has 2 aromatic rings. The van der Waals surface area contributed by atoms with Crippen LogP contribution in [0.4, 0.5) is 11.4 Å². The number of aliphatic imine (C=N–C) groups is 2. The second-order valence-corrected chi connectivity index (χ2v) is 11.2. The fourth-order valence-corrected chi connectivity index (χ4v) is 6.14. The van der Waals surface area contributed by atoms with Gasteiger partial charge in [0.25, 0.3) is 5.91 Å². The van der Waals surface area contributed by atoms with Crippen molar-refractivity contribution in [1.82, 2.24) is 10.2 Å². The van der Waals surface area contributed by atoms with Crippen LogP contribution in [0.5, 0.6) is 0 Å². The number of nitrogens with one attached hydrogen (secondary N) is 2. The van der Waals surface area contributed by atoms with Crippen LogP contribution in [0.3, 0.4) is 0 Å². The third-order valence-corrected chi connectivity index (χ3v) is 8.41. The Morgan fingerprint density at radius 3 is 2.66 bits per heavy atom. The highest BCUT2D eigenvalue weighted by molar-refractivity contribution is 8.15. The lowest BCUT2D eigenvalue weighted by molar-refractivity contribution is -0.129. The van der Waals surface area contributed by atoms with E-state index in [0.29, 0.717) is 23.1 Å². The molecular formula is C29H33N5O3S. The Morgan fingerprint density at radius 2 is 1.89 bits per heavy atom. The normalized spacial score (nSPS) is 19.7. The van der Waals surface area contributed by atoms with E-state index < -0.39 is 11.3 Å². The van der Waals surface area contributed by atoms with E-state index in [1.54, 1.807) is 0 Å². The molecule has 2 atom stereocenters. The minimum Gasteiger partial charge on any atom is -0.353 e. The smallest absolute Gasteiger partial charge is 0.259 e. The molecule has 5 rings (SSSR count). The van der Waals surface area contributed by atoms with Gasteiger partial charge in [-0.3, -0.25) is 19.4 Å². The zero-order chi connectivity index (χ0) is 26.6. The molecule has 1 fully saturated rings. The molecule has 2 N–H and O–H groups in total. The number of rotatable bonds is 7. The molecule has 0 spiro atoms. The van der Waals surface area contributed by atoms with E-state index in [1.807, 2.05) is 62.4 Å². The lowest BCUT2D eigenvalue weighted by atomic mass is 9.95. The molecule has 198 valence electrons. The number of hydrogen-bond acceptors (Lipinski definition) is 6. The average Bonchev–Trinajstić information content (AvgIpc) is 3.23. The van der Waals surface area contributed by atoms with Gasteiger partial charge in [0.05, 0.1) is 17.4 Å². The molecule has 2 aromatic carbocycles. The zero-order valence-corrected chi connectivity index (χ0v) is 22.6. The van der Waals surface area contributed by atoms with Crippen molar-refractivity contribution in [3.05, 3.63) is 59.7 Å². The summed E-state index contributed by atoms with van der Waals surface area (Å²) in [5, 5.41) is 6.02. The largest absolute Gasteiger partial charge is 0.353 e. The fourth-order valence-electron chi connectivity index (χ4n) is 5.12. The van der Waals surface area contributed by atoms with Gasteiger partial charge < -0.3 is 10.6 Å². The molecule has 8 nitrogen and oxygen atoms in total. The van der Waals surface area contributed by atoms with Crippen molar-refractivity contribution in [2.24, 2.45) is 9.98 Å². The SMILES string of the molecule is CCC(SC1=Nc2ccccc2C2=NC(CC(=O)NC3CCCCC3)C(=O)N12)C(=O)Nc1cccc(C)c1. The van der Waals surface area contributed by atoms with E-state index in [-0.39, 0.29) is 30.2 Å². The summed E-state index contributed by atoms with van der Waals surface area (Å²) in [5.74, 6) is -0.0953. The Kier molecular flexibility index (Phi) is 7.93. The van der Waals surface area contributed by atoms with Crippen molar-refractivity contribution >= 4 is 51.9 Å². The van der Waals surface area contributed by atoms with Crippen LogP contribution in [0.25, 0.3) is 0 Å². The predicted molar refractivity (Wildman–Crippen MR) is 152 cm³/mol. The number of anilines is 1. The minimum absolute atomic E-state index is 0.000494. The van der Waals surface area contributed by atoms with Crippen molar-refractivity contribution in [3.8, 4) is 0 Å². The first kappa shape index (κ1) is 26.2. The number of thioether (sulfide) groups is 1. The zero-order valence-electron chi connectivity index (χ0n) is 21.8. The fraction of sp³-hybridized carbons (Fsp3) is 0.414. The second kappa shape index (κ2) is 11.5. The molecule has 2 unspecified atom stereocenters. The second-order valence-electron chi connectivity index (χ2n) is 10.0. The maximum atomic E-state index is 13.6. The van der Waals surface area contributed by atoms with Crippen molar-refractivity contribution in [2.75, 3.05) is 5.32 Å². The summed E-state index contributed by atoms with van der Waals surface area (Å²) in [5.41, 5.74) is 3.23. The Hall–Kier alpha value is -3.46. The molecule has 3 amide bonds. The van der Waals surface area contributed by atoms with Gasteiger partial charge >= 0.3 is 0 Å². The maximum Gasteiger partial charge on any atom is 0.259 e. The molecule has 1 saturated carbocycles. The van der Waals surface area contributed by atoms with E-state index in [9.17, 15) is 14.4 Å². The summed E-state index contributed by atoms with van der Waals surface area (Å²) in [6, 6.07) is 14.5. The Bertz CT molecular complexity index is 1300. The molecule has 2 aliphatic heterocycles. The summed E-state index contributed by atoms with van der Waals surface area (Å²) in [6.45, 7) is 3.91. The van der Waals surface area contributed by atoms with Gasteiger partial charge in [-0.15, -0.1) is 0 Å². The molecule has 2 heterocycles. The molecule has 0 bridgehead atoms. The quantitative estimate of drug-likeness (QED) is 0.528. The Balaban J connectivity index is 1.35. The number of benzene rings is 2. The number of para-hydroxylation sites is 1. The van der Waals surface area contributed by atoms with Crippen LogP contribution >= 0.6 is 11.8 Å². The van der Waals surface area contributed by atoms with Crippen molar-refractivity contribution < 1.29 is 14.4 Å². The maximum absolute atomic E-state index is 13.6. The number of aryl methyl sites for hydroxylation is 1. The summed E-state index contributed by atoms with van der Waals surface area (Å²) >= 11 is 1.25. The molecular weight excluding hydrogens is 498 g/mol. The summed E-state index contributed by atoms with van der Waals surface area (Å²) < 4.78 is 0. The molecule has 3 aliphatic rings. The molecule has 9 heteroatoms. The highest BCUT2D eigenvalue weighted by Crippen LogP contribution is 2.36. The molecule has 1 aliphatic carbocycles. The highest BCUT2D eigenvalue weighted by Gasteiger charge is 2.43. The predicted octanol–water partition coefficient (Wildman–Crippen LogP) is 4.94. The van der Waals surface area contributed by atoms with E-state index in [2.05, 4.69) is 10.6 Å². The van der Waals surface area contributed by atoms with Gasteiger partial charge in [0.2, 0.25) is 11.8 Å². The van der Waals surface area contributed by atoms with Crippen LogP contribution in [0.2, 0.25) is 0 Å². The topological polar surface area (TPSA) is 103 Å². The number of nitrogens with zero attached hydrogens (tertiary/aromatic N) is 3. The standard InChI is InChI=1S/C29H33N5O3S/c1-3-24(27(36)31-20-13-9-10-18(2)16-20)38-29-33-22-15-8-7-14-21(22)26-32-23(28(37)34(26)29)17-25(35)30-19-11-5-4-6-12-19/h7-10,13-16,19,23-24H,3-6,11-12,17H2,1-2H3,(H,30,35)(H,31,36). The highest BCUT2D eigenvalue weighted by atomic mass is 32.2. The molecule has 0 aromatic heterocycles. The van der Waals surface area contributed by atoms with Crippen LogP contribution in [0, 0.1) is 6.92 Å². The van der Waals surface area contributed by atoms with Gasteiger partial charge in [-0.25, -0.2) is 9.89 Å². The van der Waals surface area contributed by atoms with Crippen LogP contribution in [-0.4, -0.2) is 51.0 Å². The van der Waals surface area contributed by atoms with Crippen molar-refractivity contribution in [2.45, 2.75) is 76.1 Å². The van der Waals surface area contributed by atoms with Gasteiger partial charge in [0.1, 0.15) is 11.9 Å². The van der Waals surface area contributed by atoms with E-state index >= 15 is 0 Å². The van der Waals surface area contributed by atoms with Crippen LogP contribution in [0.1, 0.15) is 63.0 Å². The van der Waals surface area contributed by atoms with E-state index in [4.69, 9.17) is 9.98 Å². The van der Waals surface area contributed by atoms with Crippen molar-refractivity contribution in [3.63, 3.8) is 0 Å². The van der Waals surface area contributed by atoms with Gasteiger partial charge in [-0.1, -0.05) is 62.2 Å².